The lowest BCUT2D eigenvalue weighted by Gasteiger charge is -2.13. The molecule has 1 saturated heterocycles. The van der Waals surface area contributed by atoms with E-state index in [1.54, 1.807) is 0 Å². The van der Waals surface area contributed by atoms with Gasteiger partial charge in [0.2, 0.25) is 5.89 Å². The number of benzene rings is 1. The minimum absolute atomic E-state index is 0.279. The van der Waals surface area contributed by atoms with Gasteiger partial charge in [-0.3, -0.25) is 0 Å². The van der Waals surface area contributed by atoms with Crippen molar-refractivity contribution in [2.45, 2.75) is 25.3 Å². The molecule has 18 heavy (non-hydrogen) atoms. The third kappa shape index (κ3) is 1.50. The average molecular weight is 263 g/mol. The van der Waals surface area contributed by atoms with Crippen LogP contribution < -0.4 is 5.32 Å². The van der Waals surface area contributed by atoms with E-state index < -0.39 is 0 Å². The Kier molecular flexibility index (Phi) is 2.39. The monoisotopic (exact) mass is 262 g/mol. The summed E-state index contributed by atoms with van der Waals surface area (Å²) in [5.41, 5.74) is 1.58. The summed E-state index contributed by atoms with van der Waals surface area (Å²) in [6, 6.07) is 5.99. The van der Waals surface area contributed by atoms with Crippen LogP contribution in [-0.2, 0) is 0 Å². The van der Waals surface area contributed by atoms with Gasteiger partial charge in [0.15, 0.2) is 5.58 Å². The fraction of sp³-hybridized carbons (Fsp3) is 0.500. The van der Waals surface area contributed by atoms with Gasteiger partial charge in [-0.05, 0) is 43.4 Å². The van der Waals surface area contributed by atoms with Gasteiger partial charge in [-0.25, -0.2) is 4.98 Å². The third-order valence-electron chi connectivity index (χ3n) is 4.40. The molecule has 4 rings (SSSR count). The molecular formula is C14H15ClN2O. The molecule has 0 amide bonds. The number of halogens is 1. The second-order valence-corrected chi connectivity index (χ2v) is 5.79. The molecule has 1 N–H and O–H groups in total. The molecule has 2 aromatic rings. The largest absolute Gasteiger partial charge is 0.437 e. The van der Waals surface area contributed by atoms with Crippen molar-refractivity contribution in [3.8, 4) is 0 Å². The van der Waals surface area contributed by atoms with E-state index in [0.717, 1.165) is 29.5 Å². The molecule has 2 fully saturated rings. The summed E-state index contributed by atoms with van der Waals surface area (Å²) >= 11 is 6.13. The highest BCUT2D eigenvalue weighted by Crippen LogP contribution is 2.44. The Morgan fingerprint density at radius 1 is 1.33 bits per heavy atom. The molecule has 2 aliphatic rings. The molecule has 3 atom stereocenters. The van der Waals surface area contributed by atoms with E-state index in [9.17, 15) is 0 Å². The van der Waals surface area contributed by atoms with Crippen LogP contribution >= 0.6 is 11.6 Å². The summed E-state index contributed by atoms with van der Waals surface area (Å²) in [5, 5.41) is 4.20. The molecule has 4 heteroatoms. The van der Waals surface area contributed by atoms with E-state index in [1.807, 2.05) is 18.2 Å². The zero-order valence-electron chi connectivity index (χ0n) is 10.0. The van der Waals surface area contributed by atoms with Crippen molar-refractivity contribution in [3.63, 3.8) is 0 Å². The molecule has 0 spiro atoms. The highest BCUT2D eigenvalue weighted by molar-refractivity contribution is 6.34. The Bertz CT molecular complexity index is 594. The van der Waals surface area contributed by atoms with E-state index in [1.165, 1.54) is 19.3 Å². The lowest BCUT2D eigenvalue weighted by molar-refractivity contribution is 0.356. The van der Waals surface area contributed by atoms with Gasteiger partial charge < -0.3 is 9.73 Å². The Hall–Kier alpha value is -1.06. The molecule has 3 unspecified atom stereocenters. The van der Waals surface area contributed by atoms with Crippen LogP contribution in [0.4, 0.5) is 0 Å². The standard InChI is InChI=1S/C14H15ClN2O/c15-10-5-2-6-11-13(10)18-14(17-11)12-9-4-1-3-8(9)7-16-12/h2,5-6,8-9,12,16H,1,3-4,7H2. The van der Waals surface area contributed by atoms with Crippen molar-refractivity contribution in [3.05, 3.63) is 29.1 Å². The van der Waals surface area contributed by atoms with Crippen molar-refractivity contribution in [1.29, 1.82) is 0 Å². The number of rotatable bonds is 1. The van der Waals surface area contributed by atoms with Crippen LogP contribution in [0.1, 0.15) is 31.2 Å². The number of para-hydroxylation sites is 1. The zero-order valence-corrected chi connectivity index (χ0v) is 10.8. The molecule has 1 aromatic heterocycles. The second kappa shape index (κ2) is 3.97. The second-order valence-electron chi connectivity index (χ2n) is 5.38. The summed E-state index contributed by atoms with van der Waals surface area (Å²) < 4.78 is 5.89. The van der Waals surface area contributed by atoms with Crippen LogP contribution in [0, 0.1) is 11.8 Å². The van der Waals surface area contributed by atoms with Gasteiger partial charge in [-0.2, -0.15) is 0 Å². The predicted molar refractivity (Wildman–Crippen MR) is 70.6 cm³/mol. The molecule has 94 valence electrons. The first-order valence-corrected chi connectivity index (χ1v) is 6.99. The smallest absolute Gasteiger partial charge is 0.213 e. The first-order chi connectivity index (χ1) is 8.83. The Morgan fingerprint density at radius 2 is 2.28 bits per heavy atom. The van der Waals surface area contributed by atoms with Crippen molar-refractivity contribution in [2.75, 3.05) is 6.54 Å². The van der Waals surface area contributed by atoms with Crippen molar-refractivity contribution in [2.24, 2.45) is 11.8 Å². The van der Waals surface area contributed by atoms with Crippen molar-refractivity contribution >= 4 is 22.7 Å². The fourth-order valence-electron chi connectivity index (χ4n) is 3.52. The van der Waals surface area contributed by atoms with Crippen molar-refractivity contribution < 1.29 is 4.42 Å². The summed E-state index contributed by atoms with van der Waals surface area (Å²) in [4.78, 5) is 4.60. The normalized spacial score (nSPS) is 31.1. The van der Waals surface area contributed by atoms with Crippen molar-refractivity contribution in [1.82, 2.24) is 10.3 Å². The Morgan fingerprint density at radius 3 is 3.17 bits per heavy atom. The van der Waals surface area contributed by atoms with E-state index in [4.69, 9.17) is 16.0 Å². The lowest BCUT2D eigenvalue weighted by atomic mass is 9.94. The molecule has 0 bridgehead atoms. The van der Waals surface area contributed by atoms with Crippen LogP contribution in [0.15, 0.2) is 22.6 Å². The van der Waals surface area contributed by atoms with Crippen LogP contribution in [0.5, 0.6) is 0 Å². The molecular weight excluding hydrogens is 248 g/mol. The highest BCUT2D eigenvalue weighted by Gasteiger charge is 2.41. The number of nitrogens with one attached hydrogen (secondary N) is 1. The van der Waals surface area contributed by atoms with Gasteiger partial charge in [-0.15, -0.1) is 0 Å². The molecule has 1 saturated carbocycles. The number of nitrogens with zero attached hydrogens (tertiary/aromatic N) is 1. The summed E-state index contributed by atoms with van der Waals surface area (Å²) in [6.45, 7) is 1.10. The molecule has 1 aliphatic heterocycles. The van der Waals surface area contributed by atoms with Crippen LogP contribution in [0.3, 0.4) is 0 Å². The van der Waals surface area contributed by atoms with Gasteiger partial charge in [0.1, 0.15) is 5.52 Å². The fourth-order valence-corrected chi connectivity index (χ4v) is 3.73. The van der Waals surface area contributed by atoms with Gasteiger partial charge in [0.25, 0.3) is 0 Å². The maximum Gasteiger partial charge on any atom is 0.213 e. The van der Waals surface area contributed by atoms with E-state index in [-0.39, 0.29) is 6.04 Å². The third-order valence-corrected chi connectivity index (χ3v) is 4.69. The number of oxazole rings is 1. The first kappa shape index (κ1) is 10.8. The molecule has 1 aliphatic carbocycles. The predicted octanol–water partition coefficient (Wildman–Crippen LogP) is 3.54. The number of fused-ring (bicyclic) bond motifs is 2. The summed E-state index contributed by atoms with van der Waals surface area (Å²) in [5.74, 6) is 2.31. The minimum Gasteiger partial charge on any atom is -0.437 e. The molecule has 1 aromatic carbocycles. The van der Waals surface area contributed by atoms with Crippen LogP contribution in [0.2, 0.25) is 5.02 Å². The highest BCUT2D eigenvalue weighted by atomic mass is 35.5. The van der Waals surface area contributed by atoms with Gasteiger partial charge in [0, 0.05) is 0 Å². The summed E-state index contributed by atoms with van der Waals surface area (Å²) in [7, 11) is 0. The van der Waals surface area contributed by atoms with Gasteiger partial charge in [-0.1, -0.05) is 24.1 Å². The molecule has 0 radical (unpaired) electrons. The average Bonchev–Trinajstić information content (AvgIpc) is 3.02. The summed E-state index contributed by atoms with van der Waals surface area (Å²) in [6.07, 6.45) is 3.97. The number of aromatic nitrogens is 1. The van der Waals surface area contributed by atoms with Gasteiger partial charge in [0.05, 0.1) is 11.1 Å². The van der Waals surface area contributed by atoms with Crippen LogP contribution in [-0.4, -0.2) is 11.5 Å². The minimum atomic E-state index is 0.279. The maximum atomic E-state index is 6.13. The molecule has 2 heterocycles. The maximum absolute atomic E-state index is 6.13. The Balaban J connectivity index is 1.76. The van der Waals surface area contributed by atoms with E-state index in [2.05, 4.69) is 10.3 Å². The van der Waals surface area contributed by atoms with Crippen LogP contribution in [0.25, 0.3) is 11.1 Å². The molecule has 3 nitrogen and oxygen atoms in total. The topological polar surface area (TPSA) is 38.1 Å². The zero-order chi connectivity index (χ0) is 12.1. The number of hydrogen-bond acceptors (Lipinski definition) is 3. The first-order valence-electron chi connectivity index (χ1n) is 6.61. The van der Waals surface area contributed by atoms with E-state index >= 15 is 0 Å². The number of hydrogen-bond donors (Lipinski definition) is 1. The Labute approximate surface area is 111 Å². The SMILES string of the molecule is Clc1cccc2nc(C3NCC4CCCC43)oc12. The quantitative estimate of drug-likeness (QED) is 0.854. The van der Waals surface area contributed by atoms with E-state index in [0.29, 0.717) is 10.9 Å². The van der Waals surface area contributed by atoms with Gasteiger partial charge >= 0.3 is 0 Å². The lowest BCUT2D eigenvalue weighted by Crippen LogP contribution is -2.17.